The summed E-state index contributed by atoms with van der Waals surface area (Å²) in [5.41, 5.74) is 0.317. The normalized spacial score (nSPS) is 11.4. The van der Waals surface area contributed by atoms with Gasteiger partial charge in [0.15, 0.2) is 0 Å². The Balaban J connectivity index is 2.43. The molecule has 0 fully saturated rings. The van der Waals surface area contributed by atoms with E-state index in [1.54, 1.807) is 0 Å². The van der Waals surface area contributed by atoms with Gasteiger partial charge in [-0.1, -0.05) is 23.2 Å². The first-order valence-electron chi connectivity index (χ1n) is 5.38. The van der Waals surface area contributed by atoms with Gasteiger partial charge in [0, 0.05) is 13.2 Å². The number of benzene rings is 1. The Labute approximate surface area is 125 Å². The molecule has 1 heterocycles. The Morgan fingerprint density at radius 2 is 1.80 bits per heavy atom. The predicted molar refractivity (Wildman–Crippen MR) is 76.2 cm³/mol. The first-order valence-corrected chi connectivity index (χ1v) is 7.57. The molecule has 0 radical (unpaired) electrons. The molecule has 0 atom stereocenters. The second-order valence-corrected chi connectivity index (χ2v) is 6.63. The molecule has 0 saturated heterocycles. The lowest BCUT2D eigenvalue weighted by atomic mass is 10.3. The minimum atomic E-state index is -3.84. The summed E-state index contributed by atoms with van der Waals surface area (Å²) in [6.07, 6.45) is 1.11. The highest BCUT2D eigenvalue weighted by atomic mass is 35.5. The molecule has 0 amide bonds. The summed E-state index contributed by atoms with van der Waals surface area (Å²) < 4.78 is 38.6. The highest BCUT2D eigenvalue weighted by molar-refractivity contribution is 7.92. The van der Waals surface area contributed by atoms with E-state index in [1.807, 2.05) is 0 Å². The van der Waals surface area contributed by atoms with Gasteiger partial charge in [0.25, 0.3) is 10.0 Å². The third-order valence-electron chi connectivity index (χ3n) is 2.62. The first kappa shape index (κ1) is 15.0. The third-order valence-corrected chi connectivity index (χ3v) is 5.06. The molecule has 0 aliphatic carbocycles. The second kappa shape index (κ2) is 5.55. The standard InChI is InChI=1S/C12H9Cl2FN2O2S/c1-17(9-4-2-8(15)3-5-9)20(18,19)10-6-11(13)12(14)16-7-10/h2-7H,1H3. The number of hydrogen-bond donors (Lipinski definition) is 0. The van der Waals surface area contributed by atoms with Crippen LogP contribution >= 0.6 is 23.2 Å². The molecule has 0 spiro atoms. The number of sulfonamides is 1. The van der Waals surface area contributed by atoms with Crippen molar-refractivity contribution in [3.63, 3.8) is 0 Å². The molecule has 1 aromatic heterocycles. The largest absolute Gasteiger partial charge is 0.269 e. The van der Waals surface area contributed by atoms with Crippen molar-refractivity contribution in [2.75, 3.05) is 11.4 Å². The first-order chi connectivity index (χ1) is 9.32. The zero-order valence-corrected chi connectivity index (χ0v) is 12.5. The minimum absolute atomic E-state index is 0.0232. The smallest absolute Gasteiger partial charge is 0.265 e. The van der Waals surface area contributed by atoms with Crippen LogP contribution in [0.1, 0.15) is 0 Å². The van der Waals surface area contributed by atoms with Gasteiger partial charge in [-0.05, 0) is 30.3 Å². The van der Waals surface area contributed by atoms with Crippen LogP contribution in [0.25, 0.3) is 0 Å². The molecular weight excluding hydrogens is 326 g/mol. The van der Waals surface area contributed by atoms with Crippen LogP contribution in [0.2, 0.25) is 10.2 Å². The van der Waals surface area contributed by atoms with Gasteiger partial charge in [-0.15, -0.1) is 0 Å². The fourth-order valence-electron chi connectivity index (χ4n) is 1.49. The molecule has 0 aliphatic rings. The zero-order chi connectivity index (χ0) is 14.9. The fraction of sp³-hybridized carbons (Fsp3) is 0.0833. The Bertz CT molecular complexity index is 736. The molecule has 0 unspecified atom stereocenters. The summed E-state index contributed by atoms with van der Waals surface area (Å²) >= 11 is 11.4. The molecule has 2 rings (SSSR count). The van der Waals surface area contributed by atoms with Crippen molar-refractivity contribution in [3.8, 4) is 0 Å². The Kier molecular flexibility index (Phi) is 4.17. The Morgan fingerprint density at radius 1 is 1.20 bits per heavy atom. The van der Waals surface area contributed by atoms with Gasteiger partial charge in [-0.2, -0.15) is 0 Å². The van der Waals surface area contributed by atoms with Crippen molar-refractivity contribution in [2.45, 2.75) is 4.90 Å². The number of pyridine rings is 1. The van der Waals surface area contributed by atoms with E-state index in [4.69, 9.17) is 23.2 Å². The molecular formula is C12H9Cl2FN2O2S. The fourth-order valence-corrected chi connectivity index (χ4v) is 3.00. The number of anilines is 1. The van der Waals surface area contributed by atoms with Crippen molar-refractivity contribution in [1.82, 2.24) is 4.98 Å². The van der Waals surface area contributed by atoms with Crippen LogP contribution in [-0.2, 0) is 10.0 Å². The summed E-state index contributed by atoms with van der Waals surface area (Å²) in [6.45, 7) is 0. The van der Waals surface area contributed by atoms with E-state index >= 15 is 0 Å². The SMILES string of the molecule is CN(c1ccc(F)cc1)S(=O)(=O)c1cnc(Cl)c(Cl)c1. The molecule has 8 heteroatoms. The molecule has 2 aromatic rings. The van der Waals surface area contributed by atoms with Gasteiger partial charge in [0.1, 0.15) is 15.9 Å². The molecule has 0 N–H and O–H groups in total. The summed E-state index contributed by atoms with van der Waals surface area (Å²) in [4.78, 5) is 3.60. The van der Waals surface area contributed by atoms with E-state index in [-0.39, 0.29) is 15.1 Å². The lowest BCUT2D eigenvalue weighted by Crippen LogP contribution is -2.26. The quantitative estimate of drug-likeness (QED) is 0.809. The average Bonchev–Trinajstić information content (AvgIpc) is 2.41. The summed E-state index contributed by atoms with van der Waals surface area (Å²) in [5, 5.41) is 0.0651. The molecule has 0 saturated carbocycles. The molecule has 0 bridgehead atoms. The molecule has 4 nitrogen and oxygen atoms in total. The van der Waals surface area contributed by atoms with Gasteiger partial charge in [0.05, 0.1) is 10.7 Å². The van der Waals surface area contributed by atoms with Crippen LogP contribution in [0, 0.1) is 5.82 Å². The Hall–Kier alpha value is -1.37. The van der Waals surface area contributed by atoms with Crippen LogP contribution in [0.5, 0.6) is 0 Å². The lowest BCUT2D eigenvalue weighted by Gasteiger charge is -2.19. The van der Waals surface area contributed by atoms with Gasteiger partial charge in [0.2, 0.25) is 0 Å². The zero-order valence-electron chi connectivity index (χ0n) is 10.2. The number of hydrogen-bond acceptors (Lipinski definition) is 3. The molecule has 20 heavy (non-hydrogen) atoms. The third kappa shape index (κ3) is 2.87. The van der Waals surface area contributed by atoms with Crippen molar-refractivity contribution in [1.29, 1.82) is 0 Å². The Morgan fingerprint density at radius 3 is 2.35 bits per heavy atom. The van der Waals surface area contributed by atoms with Crippen molar-refractivity contribution in [2.24, 2.45) is 0 Å². The average molecular weight is 335 g/mol. The lowest BCUT2D eigenvalue weighted by molar-refractivity contribution is 0.593. The number of halogens is 3. The van der Waals surface area contributed by atoms with Crippen molar-refractivity contribution >= 4 is 38.9 Å². The van der Waals surface area contributed by atoms with Crippen molar-refractivity contribution < 1.29 is 12.8 Å². The summed E-state index contributed by atoms with van der Waals surface area (Å²) in [5.74, 6) is -0.448. The molecule has 0 aliphatic heterocycles. The van der Waals surface area contributed by atoms with Crippen molar-refractivity contribution in [3.05, 3.63) is 52.5 Å². The van der Waals surface area contributed by atoms with Crippen LogP contribution in [0.15, 0.2) is 41.4 Å². The number of aromatic nitrogens is 1. The van der Waals surface area contributed by atoms with Crippen LogP contribution < -0.4 is 4.31 Å². The van der Waals surface area contributed by atoms with Gasteiger partial charge < -0.3 is 0 Å². The van der Waals surface area contributed by atoms with E-state index in [0.29, 0.717) is 5.69 Å². The van der Waals surface area contributed by atoms with Crippen LogP contribution in [0.3, 0.4) is 0 Å². The maximum atomic E-state index is 12.9. The van der Waals surface area contributed by atoms with Gasteiger partial charge in [-0.25, -0.2) is 17.8 Å². The van der Waals surface area contributed by atoms with Gasteiger partial charge >= 0.3 is 0 Å². The van der Waals surface area contributed by atoms with E-state index in [1.165, 1.54) is 37.4 Å². The van der Waals surface area contributed by atoms with E-state index < -0.39 is 15.8 Å². The van der Waals surface area contributed by atoms with E-state index in [2.05, 4.69) is 4.98 Å². The number of nitrogens with zero attached hydrogens (tertiary/aromatic N) is 2. The maximum Gasteiger partial charge on any atom is 0.265 e. The molecule has 106 valence electrons. The monoisotopic (exact) mass is 334 g/mol. The van der Waals surface area contributed by atoms with Crippen LogP contribution in [-0.4, -0.2) is 20.4 Å². The minimum Gasteiger partial charge on any atom is -0.269 e. The van der Waals surface area contributed by atoms with E-state index in [9.17, 15) is 12.8 Å². The summed E-state index contributed by atoms with van der Waals surface area (Å²) in [6, 6.07) is 6.28. The highest BCUT2D eigenvalue weighted by Gasteiger charge is 2.22. The predicted octanol–water partition coefficient (Wildman–Crippen LogP) is 3.35. The van der Waals surface area contributed by atoms with Gasteiger partial charge in [-0.3, -0.25) is 4.31 Å². The topological polar surface area (TPSA) is 50.3 Å². The van der Waals surface area contributed by atoms with E-state index in [0.717, 1.165) is 10.5 Å². The second-order valence-electron chi connectivity index (χ2n) is 3.89. The number of rotatable bonds is 3. The maximum absolute atomic E-state index is 12.9. The highest BCUT2D eigenvalue weighted by Crippen LogP contribution is 2.26. The van der Waals surface area contributed by atoms with Crippen LogP contribution in [0.4, 0.5) is 10.1 Å². The molecule has 1 aromatic carbocycles. The summed E-state index contributed by atoms with van der Waals surface area (Å²) in [7, 11) is -2.49.